The first-order valence-electron chi connectivity index (χ1n) is 4.48. The lowest BCUT2D eigenvalue weighted by molar-refractivity contribution is 0.112. The molecular formula is C10H5Br4NO2S2. The molecule has 0 amide bonds. The van der Waals surface area contributed by atoms with Gasteiger partial charge in [0, 0.05) is 25.3 Å². The average Bonchev–Trinajstić information content (AvgIpc) is 2.87. The van der Waals surface area contributed by atoms with Crippen LogP contribution in [0.3, 0.4) is 0 Å². The molecule has 0 aliphatic heterocycles. The summed E-state index contributed by atoms with van der Waals surface area (Å²) in [6.07, 6.45) is 2.20. The zero-order chi connectivity index (χ0) is 14.4. The lowest BCUT2D eigenvalue weighted by atomic mass is 10.4. The van der Waals surface area contributed by atoms with Gasteiger partial charge in [0.1, 0.15) is 0 Å². The fourth-order valence-corrected chi connectivity index (χ4v) is 5.30. The molecule has 9 heteroatoms. The summed E-state index contributed by atoms with van der Waals surface area (Å²) in [5, 5.41) is 14.9. The third kappa shape index (κ3) is 5.05. The van der Waals surface area contributed by atoms with Crippen LogP contribution in [-0.2, 0) is 0 Å². The van der Waals surface area contributed by atoms with Gasteiger partial charge in [0.25, 0.3) is 0 Å². The van der Waals surface area contributed by atoms with Gasteiger partial charge in [-0.1, -0.05) is 5.16 Å². The Morgan fingerprint density at radius 2 is 1.47 bits per heavy atom. The maximum absolute atomic E-state index is 10.3. The van der Waals surface area contributed by atoms with E-state index in [0.29, 0.717) is 5.56 Å². The molecule has 0 fully saturated rings. The molecule has 3 nitrogen and oxygen atoms in total. The van der Waals surface area contributed by atoms with E-state index in [1.165, 1.54) is 28.9 Å². The van der Waals surface area contributed by atoms with E-state index < -0.39 is 0 Å². The predicted molar refractivity (Wildman–Crippen MR) is 94.2 cm³/mol. The van der Waals surface area contributed by atoms with Crippen LogP contribution in [0, 0.1) is 0 Å². The third-order valence-corrected chi connectivity index (χ3v) is 7.23. The van der Waals surface area contributed by atoms with E-state index in [0.717, 1.165) is 28.4 Å². The summed E-state index contributed by atoms with van der Waals surface area (Å²) < 4.78 is 3.62. The van der Waals surface area contributed by atoms with Crippen molar-refractivity contribution in [2.24, 2.45) is 5.16 Å². The summed E-state index contributed by atoms with van der Waals surface area (Å²) in [4.78, 5) is 10.3. The van der Waals surface area contributed by atoms with Crippen LogP contribution in [0.1, 0.15) is 15.9 Å². The number of carbonyl (C=O) groups excluding carboxylic acids is 1. The van der Waals surface area contributed by atoms with Crippen molar-refractivity contribution in [1.82, 2.24) is 0 Å². The number of hydrogen-bond donors (Lipinski definition) is 1. The van der Waals surface area contributed by atoms with E-state index in [4.69, 9.17) is 5.21 Å². The zero-order valence-corrected chi connectivity index (χ0v) is 16.9. The maximum atomic E-state index is 10.3. The predicted octanol–water partition coefficient (Wildman–Crippen LogP) is 6.17. The summed E-state index contributed by atoms with van der Waals surface area (Å²) in [6.45, 7) is 0. The first-order valence-corrected chi connectivity index (χ1v) is 9.42. The molecule has 0 saturated heterocycles. The molecule has 0 bridgehead atoms. The van der Waals surface area contributed by atoms with Crippen LogP contribution in [0.5, 0.6) is 0 Å². The first kappa shape index (κ1) is 17.5. The normalized spacial score (nSPS) is 10.3. The van der Waals surface area contributed by atoms with Crippen molar-refractivity contribution in [1.29, 1.82) is 0 Å². The zero-order valence-electron chi connectivity index (χ0n) is 8.94. The van der Waals surface area contributed by atoms with Crippen molar-refractivity contribution >= 4 is 98.9 Å². The highest BCUT2D eigenvalue weighted by Gasteiger charge is 2.04. The molecule has 0 atom stereocenters. The van der Waals surface area contributed by atoms with Crippen molar-refractivity contribution in [2.45, 2.75) is 0 Å². The first-order chi connectivity index (χ1) is 9.01. The van der Waals surface area contributed by atoms with Crippen LogP contribution in [0.15, 0.2) is 32.4 Å². The average molecular weight is 555 g/mol. The molecule has 2 heterocycles. The van der Waals surface area contributed by atoms with Crippen LogP contribution in [0.4, 0.5) is 0 Å². The summed E-state index contributed by atoms with van der Waals surface area (Å²) in [5.74, 6) is 0. The topological polar surface area (TPSA) is 49.7 Å². The third-order valence-electron chi connectivity index (χ3n) is 1.77. The fourth-order valence-electron chi connectivity index (χ4n) is 0.921. The van der Waals surface area contributed by atoms with Gasteiger partial charge >= 0.3 is 0 Å². The van der Waals surface area contributed by atoms with Crippen LogP contribution in [-0.4, -0.2) is 17.7 Å². The standard InChI is InChI=1S/C5H3Br2NOS.C5H2Br2OS/c6-4-2-10-5(7)3(4)1-8-9;6-4-2-9-5(7)3(4)1-8/h1-2,9H;1-2H. The molecule has 102 valence electrons. The Bertz CT molecular complexity index is 555. The number of thiophene rings is 2. The molecule has 2 aromatic rings. The van der Waals surface area contributed by atoms with Gasteiger partial charge in [-0.25, -0.2) is 0 Å². The molecule has 0 unspecified atom stereocenters. The Balaban J connectivity index is 0.000000191. The lowest BCUT2D eigenvalue weighted by Crippen LogP contribution is -1.76. The van der Waals surface area contributed by atoms with Gasteiger partial charge < -0.3 is 5.21 Å². The summed E-state index contributed by atoms with van der Waals surface area (Å²) in [5.41, 5.74) is 1.56. The van der Waals surface area contributed by atoms with Crippen molar-refractivity contribution in [3.05, 3.63) is 38.4 Å². The van der Waals surface area contributed by atoms with Crippen LogP contribution in [0.2, 0.25) is 0 Å². The Kier molecular flexibility index (Phi) is 8.00. The van der Waals surface area contributed by atoms with Crippen LogP contribution < -0.4 is 0 Å². The molecule has 2 aromatic heterocycles. The van der Waals surface area contributed by atoms with E-state index in [2.05, 4.69) is 68.9 Å². The minimum Gasteiger partial charge on any atom is -0.411 e. The number of aldehydes is 1. The van der Waals surface area contributed by atoms with Crippen molar-refractivity contribution in [3.63, 3.8) is 0 Å². The second-order valence-electron chi connectivity index (χ2n) is 2.90. The van der Waals surface area contributed by atoms with Gasteiger partial charge in [0.2, 0.25) is 0 Å². The monoisotopic (exact) mass is 551 g/mol. The van der Waals surface area contributed by atoms with E-state index in [9.17, 15) is 4.79 Å². The summed E-state index contributed by atoms with van der Waals surface area (Å²) in [6, 6.07) is 0. The second-order valence-corrected chi connectivity index (χ2v) is 9.01. The molecule has 0 radical (unpaired) electrons. The molecule has 0 saturated carbocycles. The molecule has 0 spiro atoms. The van der Waals surface area contributed by atoms with Crippen molar-refractivity contribution in [2.75, 3.05) is 0 Å². The van der Waals surface area contributed by atoms with Crippen LogP contribution in [0.25, 0.3) is 0 Å². The summed E-state index contributed by atoms with van der Waals surface area (Å²) >= 11 is 16.1. The SMILES string of the molecule is O=Cc1c(Br)csc1Br.ON=Cc1c(Br)csc1Br. The number of rotatable bonds is 2. The maximum Gasteiger partial charge on any atom is 0.153 e. The second kappa shape index (κ2) is 8.68. The Morgan fingerprint density at radius 1 is 1.00 bits per heavy atom. The fraction of sp³-hybridized carbons (Fsp3) is 0. The Morgan fingerprint density at radius 3 is 1.74 bits per heavy atom. The number of carbonyl (C=O) groups is 1. The van der Waals surface area contributed by atoms with Crippen LogP contribution >= 0.6 is 86.4 Å². The number of nitrogens with zero attached hydrogens (tertiary/aromatic N) is 1. The largest absolute Gasteiger partial charge is 0.411 e. The van der Waals surface area contributed by atoms with Gasteiger partial charge in [0.15, 0.2) is 6.29 Å². The molecule has 1 N–H and O–H groups in total. The van der Waals surface area contributed by atoms with Crippen molar-refractivity contribution < 1.29 is 10.0 Å². The minimum atomic E-state index is 0.694. The molecule has 19 heavy (non-hydrogen) atoms. The highest BCUT2D eigenvalue weighted by atomic mass is 79.9. The quantitative estimate of drug-likeness (QED) is 0.209. The Labute approximate surface area is 151 Å². The van der Waals surface area contributed by atoms with E-state index in [1.807, 2.05) is 10.8 Å². The smallest absolute Gasteiger partial charge is 0.153 e. The van der Waals surface area contributed by atoms with E-state index in [-0.39, 0.29) is 0 Å². The molecule has 0 aromatic carbocycles. The number of hydrogen-bond acceptors (Lipinski definition) is 5. The van der Waals surface area contributed by atoms with Gasteiger partial charge in [-0.15, -0.1) is 22.7 Å². The lowest BCUT2D eigenvalue weighted by Gasteiger charge is -1.85. The molecule has 0 aliphatic carbocycles. The van der Waals surface area contributed by atoms with Gasteiger partial charge in [0.05, 0.1) is 19.4 Å². The highest BCUT2D eigenvalue weighted by Crippen LogP contribution is 2.30. The van der Waals surface area contributed by atoms with E-state index >= 15 is 0 Å². The minimum absolute atomic E-state index is 0.694. The van der Waals surface area contributed by atoms with Gasteiger partial charge in [-0.2, -0.15) is 0 Å². The van der Waals surface area contributed by atoms with Gasteiger partial charge in [-0.05, 0) is 63.7 Å². The van der Waals surface area contributed by atoms with Gasteiger partial charge in [-0.3, -0.25) is 4.79 Å². The van der Waals surface area contributed by atoms with Crippen molar-refractivity contribution in [3.8, 4) is 0 Å². The highest BCUT2D eigenvalue weighted by molar-refractivity contribution is 9.12. The summed E-state index contributed by atoms with van der Waals surface area (Å²) in [7, 11) is 0. The molecule has 0 aliphatic rings. The van der Waals surface area contributed by atoms with E-state index in [1.54, 1.807) is 0 Å². The number of halogens is 4. The number of oxime groups is 1. The molecular weight excluding hydrogens is 550 g/mol. The Hall–Kier alpha value is 0.460. The molecule has 2 rings (SSSR count).